The molecule has 0 unspecified atom stereocenters. The highest BCUT2D eigenvalue weighted by Gasteiger charge is 2.32. The number of hydrogen-bond donors (Lipinski definition) is 1. The third kappa shape index (κ3) is 3.65. The van der Waals surface area contributed by atoms with Crippen LogP contribution in [-0.4, -0.2) is 29.7 Å². The normalized spacial score (nSPS) is 13.2. The summed E-state index contributed by atoms with van der Waals surface area (Å²) in [6.45, 7) is 1.92. The molecule has 0 saturated carbocycles. The van der Waals surface area contributed by atoms with Gasteiger partial charge in [-0.15, -0.1) is 0 Å². The van der Waals surface area contributed by atoms with Gasteiger partial charge in [0.05, 0.1) is 11.1 Å². The number of halogens is 1. The summed E-state index contributed by atoms with van der Waals surface area (Å²) in [5.74, 6) is 0.0183. The third-order valence-electron chi connectivity index (χ3n) is 4.84. The fraction of sp³-hybridized carbons (Fsp3) is 0.0870. The smallest absolute Gasteiger partial charge is 0.261 e. The Labute approximate surface area is 177 Å². The van der Waals surface area contributed by atoms with Crippen molar-refractivity contribution in [3.8, 4) is 11.3 Å². The summed E-state index contributed by atoms with van der Waals surface area (Å²) in [7, 11) is 1.42. The van der Waals surface area contributed by atoms with Crippen molar-refractivity contribution < 1.29 is 18.8 Å². The highest BCUT2D eigenvalue weighted by molar-refractivity contribution is 6.31. The molecule has 4 rings (SSSR count). The zero-order chi connectivity index (χ0) is 21.4. The fourth-order valence-corrected chi connectivity index (χ4v) is 3.30. The Morgan fingerprint density at radius 2 is 1.80 bits per heavy atom. The van der Waals surface area contributed by atoms with Crippen molar-refractivity contribution in [1.29, 1.82) is 0 Å². The Bertz CT molecular complexity index is 1230. The predicted molar refractivity (Wildman–Crippen MR) is 114 cm³/mol. The van der Waals surface area contributed by atoms with Crippen molar-refractivity contribution in [2.45, 2.75) is 6.92 Å². The average Bonchev–Trinajstić information content (AvgIpc) is 3.28. The number of imide groups is 1. The van der Waals surface area contributed by atoms with Gasteiger partial charge in [0.1, 0.15) is 11.5 Å². The highest BCUT2D eigenvalue weighted by atomic mass is 35.5. The standard InChI is InChI=1S/C23H17ClN2O4/c1-13-3-4-14(11-19(13)24)20-9-6-16(30-20)7-10-21(27)25-15-5-8-17-18(12-15)23(29)26(2)22(17)28/h3-12H,1-2H3,(H,25,27)/b10-7+. The van der Waals surface area contributed by atoms with Crippen LogP contribution in [0.5, 0.6) is 0 Å². The van der Waals surface area contributed by atoms with Crippen LogP contribution < -0.4 is 5.32 Å². The van der Waals surface area contributed by atoms with Crippen LogP contribution in [0.4, 0.5) is 5.69 Å². The van der Waals surface area contributed by atoms with Gasteiger partial charge in [0.15, 0.2) is 0 Å². The molecule has 2 heterocycles. The van der Waals surface area contributed by atoms with Gasteiger partial charge in [-0.25, -0.2) is 0 Å². The number of furan rings is 1. The largest absolute Gasteiger partial charge is 0.457 e. The molecule has 1 aliphatic rings. The van der Waals surface area contributed by atoms with Crippen molar-refractivity contribution in [2.24, 2.45) is 0 Å². The van der Waals surface area contributed by atoms with Crippen LogP contribution in [0.2, 0.25) is 5.02 Å². The van der Waals surface area contributed by atoms with Crippen LogP contribution >= 0.6 is 11.6 Å². The van der Waals surface area contributed by atoms with Gasteiger partial charge in [0, 0.05) is 29.4 Å². The van der Waals surface area contributed by atoms with Crippen LogP contribution in [0, 0.1) is 6.92 Å². The van der Waals surface area contributed by atoms with Crippen molar-refractivity contribution in [1.82, 2.24) is 4.90 Å². The van der Waals surface area contributed by atoms with Gasteiger partial charge in [0.25, 0.3) is 11.8 Å². The Balaban J connectivity index is 1.45. The van der Waals surface area contributed by atoms with E-state index in [4.69, 9.17) is 16.0 Å². The Kier molecular flexibility index (Phi) is 5.01. The van der Waals surface area contributed by atoms with E-state index in [2.05, 4.69) is 5.32 Å². The van der Waals surface area contributed by atoms with E-state index in [9.17, 15) is 14.4 Å². The van der Waals surface area contributed by atoms with Gasteiger partial charge in [-0.1, -0.05) is 23.7 Å². The van der Waals surface area contributed by atoms with Crippen molar-refractivity contribution in [3.63, 3.8) is 0 Å². The van der Waals surface area contributed by atoms with Crippen LogP contribution in [0.3, 0.4) is 0 Å². The van der Waals surface area contributed by atoms with Gasteiger partial charge in [-0.05, 0) is 55.0 Å². The van der Waals surface area contributed by atoms with E-state index in [-0.39, 0.29) is 17.4 Å². The molecule has 1 aliphatic heterocycles. The second kappa shape index (κ2) is 7.65. The summed E-state index contributed by atoms with van der Waals surface area (Å²) < 4.78 is 5.75. The van der Waals surface area contributed by atoms with Crippen molar-refractivity contribution in [3.05, 3.63) is 82.1 Å². The molecule has 1 N–H and O–H groups in total. The summed E-state index contributed by atoms with van der Waals surface area (Å²) >= 11 is 6.16. The molecule has 0 spiro atoms. The molecule has 0 radical (unpaired) electrons. The SMILES string of the molecule is Cc1ccc(-c2ccc(/C=C/C(=O)Nc3ccc4c(c3)C(=O)N(C)C4=O)o2)cc1Cl. The van der Waals surface area contributed by atoms with E-state index in [1.165, 1.54) is 25.3 Å². The van der Waals surface area contributed by atoms with Crippen molar-refractivity contribution >= 4 is 41.1 Å². The number of benzene rings is 2. The average molecular weight is 421 g/mol. The van der Waals surface area contributed by atoms with Gasteiger partial charge in [0.2, 0.25) is 5.91 Å². The minimum Gasteiger partial charge on any atom is -0.457 e. The molecule has 1 aromatic heterocycles. The quantitative estimate of drug-likeness (QED) is 0.486. The molecule has 3 aromatic rings. The number of amides is 3. The monoisotopic (exact) mass is 420 g/mol. The molecule has 30 heavy (non-hydrogen) atoms. The first kappa shape index (κ1) is 19.7. The number of carbonyl (C=O) groups is 3. The van der Waals surface area contributed by atoms with Gasteiger partial charge in [-0.2, -0.15) is 0 Å². The number of nitrogens with zero attached hydrogens (tertiary/aromatic N) is 1. The van der Waals surface area contributed by atoms with E-state index in [0.29, 0.717) is 27.8 Å². The van der Waals surface area contributed by atoms with Crippen molar-refractivity contribution in [2.75, 3.05) is 12.4 Å². The number of hydrogen-bond acceptors (Lipinski definition) is 4. The summed E-state index contributed by atoms with van der Waals surface area (Å²) in [6.07, 6.45) is 2.88. The van der Waals surface area contributed by atoms with Gasteiger partial charge < -0.3 is 9.73 Å². The highest BCUT2D eigenvalue weighted by Crippen LogP contribution is 2.27. The molecular formula is C23H17ClN2O4. The lowest BCUT2D eigenvalue weighted by molar-refractivity contribution is -0.111. The summed E-state index contributed by atoms with van der Waals surface area (Å²) in [6, 6.07) is 13.8. The fourth-order valence-electron chi connectivity index (χ4n) is 3.12. The maximum atomic E-state index is 12.2. The third-order valence-corrected chi connectivity index (χ3v) is 5.25. The lowest BCUT2D eigenvalue weighted by Crippen LogP contribution is -2.24. The van der Waals surface area contributed by atoms with Gasteiger partial charge in [-0.3, -0.25) is 19.3 Å². The lowest BCUT2D eigenvalue weighted by Gasteiger charge is -2.03. The van der Waals surface area contributed by atoms with E-state index >= 15 is 0 Å². The Morgan fingerprint density at radius 1 is 1.03 bits per heavy atom. The predicted octanol–water partition coefficient (Wildman–Crippen LogP) is 4.79. The van der Waals surface area contributed by atoms with E-state index in [1.807, 2.05) is 25.1 Å². The number of rotatable bonds is 4. The summed E-state index contributed by atoms with van der Waals surface area (Å²) in [5.41, 5.74) is 2.85. The molecule has 3 amide bonds. The molecule has 0 fully saturated rings. The first-order chi connectivity index (χ1) is 14.3. The first-order valence-electron chi connectivity index (χ1n) is 9.15. The lowest BCUT2D eigenvalue weighted by atomic mass is 10.1. The molecule has 0 aliphatic carbocycles. The number of carbonyl (C=O) groups excluding carboxylic acids is 3. The summed E-state index contributed by atoms with van der Waals surface area (Å²) in [4.78, 5) is 37.3. The van der Waals surface area contributed by atoms with Crippen LogP contribution in [-0.2, 0) is 4.79 Å². The topological polar surface area (TPSA) is 79.6 Å². The number of fused-ring (bicyclic) bond motifs is 1. The Morgan fingerprint density at radius 3 is 2.57 bits per heavy atom. The Hall–Kier alpha value is -3.64. The number of aryl methyl sites for hydroxylation is 1. The van der Waals surface area contributed by atoms with E-state index in [0.717, 1.165) is 16.0 Å². The van der Waals surface area contributed by atoms with Gasteiger partial charge >= 0.3 is 0 Å². The van der Waals surface area contributed by atoms with Crippen LogP contribution in [0.1, 0.15) is 32.0 Å². The second-order valence-corrected chi connectivity index (χ2v) is 7.33. The molecule has 150 valence electrons. The number of nitrogens with one attached hydrogen (secondary N) is 1. The zero-order valence-corrected chi connectivity index (χ0v) is 17.0. The molecular weight excluding hydrogens is 404 g/mol. The molecule has 0 atom stereocenters. The summed E-state index contributed by atoms with van der Waals surface area (Å²) in [5, 5.41) is 3.33. The van der Waals surface area contributed by atoms with Crippen LogP contribution in [0.25, 0.3) is 17.4 Å². The molecule has 2 aromatic carbocycles. The van der Waals surface area contributed by atoms with E-state index < -0.39 is 5.91 Å². The first-order valence-corrected chi connectivity index (χ1v) is 9.53. The zero-order valence-electron chi connectivity index (χ0n) is 16.2. The molecule has 0 saturated heterocycles. The molecule has 7 heteroatoms. The minimum absolute atomic E-state index is 0.275. The molecule has 6 nitrogen and oxygen atoms in total. The molecule has 0 bridgehead atoms. The number of anilines is 1. The maximum Gasteiger partial charge on any atom is 0.261 e. The van der Waals surface area contributed by atoms with Crippen LogP contribution in [0.15, 0.2) is 59.0 Å². The second-order valence-electron chi connectivity index (χ2n) is 6.92. The maximum absolute atomic E-state index is 12.2. The minimum atomic E-state index is -0.392. The van der Waals surface area contributed by atoms with E-state index in [1.54, 1.807) is 24.3 Å².